The molecule has 0 unspecified atom stereocenters. The van der Waals surface area contributed by atoms with Gasteiger partial charge in [-0.05, 0) is 68.3 Å². The van der Waals surface area contributed by atoms with Gasteiger partial charge in [-0.2, -0.15) is 13.5 Å². The molecule has 1 aromatic heterocycles. The molecule has 4 N–H and O–H groups in total. The third-order valence-electron chi connectivity index (χ3n) is 5.46. The number of carbonyl (C=O) groups excluding carboxylic acids is 1. The number of rotatable bonds is 8. The number of carbonyl (C=O) groups is 1. The van der Waals surface area contributed by atoms with Gasteiger partial charge in [-0.25, -0.2) is 13.5 Å². The summed E-state index contributed by atoms with van der Waals surface area (Å²) < 4.78 is 65.5. The first-order valence-electron chi connectivity index (χ1n) is 11.6. The minimum Gasteiger partial charge on any atom is -0.497 e. The summed E-state index contributed by atoms with van der Waals surface area (Å²) in [6.07, 6.45) is 0. The minimum atomic E-state index is -4.91. The zero-order chi connectivity index (χ0) is 28.5. The first-order valence-corrected chi connectivity index (χ1v) is 13.0. The summed E-state index contributed by atoms with van der Waals surface area (Å²) in [5, 5.41) is 7.29. The van der Waals surface area contributed by atoms with Crippen molar-refractivity contribution in [1.82, 2.24) is 10.2 Å². The number of halogens is 1. The van der Waals surface area contributed by atoms with Crippen LogP contribution in [0.2, 0.25) is 0 Å². The van der Waals surface area contributed by atoms with E-state index in [9.17, 15) is 22.2 Å². The third-order valence-corrected chi connectivity index (χ3v) is 6.33. The quantitative estimate of drug-likeness (QED) is 0.207. The van der Waals surface area contributed by atoms with Crippen molar-refractivity contribution < 1.29 is 36.4 Å². The molecule has 0 spiro atoms. The van der Waals surface area contributed by atoms with Crippen molar-refractivity contribution >= 4 is 44.4 Å². The summed E-state index contributed by atoms with van der Waals surface area (Å²) in [4.78, 5) is 12.2. The summed E-state index contributed by atoms with van der Waals surface area (Å²) in [6.45, 7) is 4.86. The van der Waals surface area contributed by atoms with Crippen LogP contribution in [0.25, 0.3) is 22.0 Å². The molecule has 0 radical (unpaired) electrons. The highest BCUT2D eigenvalue weighted by Gasteiger charge is 2.26. The summed E-state index contributed by atoms with van der Waals surface area (Å²) in [6, 6.07) is 12.8. The Bertz CT molecular complexity index is 1630. The molecule has 0 aliphatic carbocycles. The van der Waals surface area contributed by atoms with E-state index in [1.54, 1.807) is 45.0 Å². The van der Waals surface area contributed by atoms with Crippen LogP contribution in [0.5, 0.6) is 11.5 Å². The van der Waals surface area contributed by atoms with Crippen LogP contribution in [0.1, 0.15) is 20.8 Å². The molecule has 0 aliphatic heterocycles. The van der Waals surface area contributed by atoms with Crippen LogP contribution in [-0.2, 0) is 19.8 Å². The molecule has 0 saturated carbocycles. The van der Waals surface area contributed by atoms with E-state index in [-0.39, 0.29) is 29.6 Å². The highest BCUT2D eigenvalue weighted by molar-refractivity contribution is 7.87. The van der Waals surface area contributed by atoms with E-state index in [1.807, 2.05) is 0 Å². The highest BCUT2D eigenvalue weighted by Crippen LogP contribution is 2.37. The van der Waals surface area contributed by atoms with Crippen molar-refractivity contribution in [3.63, 3.8) is 0 Å². The Labute approximate surface area is 224 Å². The molecule has 4 rings (SSSR count). The number of nitrogens with zero attached hydrogens (tertiary/aromatic N) is 2. The number of benzene rings is 3. The number of esters is 1. The molecule has 0 amide bonds. The fraction of sp³-hybridized carbons (Fsp3) is 0.231. The van der Waals surface area contributed by atoms with E-state index in [0.29, 0.717) is 26.3 Å². The van der Waals surface area contributed by atoms with Crippen molar-refractivity contribution in [3.8, 4) is 22.6 Å². The molecular weight excluding hydrogens is 531 g/mol. The number of nitrogens with one attached hydrogen (secondary N) is 1. The van der Waals surface area contributed by atoms with Gasteiger partial charge in [0, 0.05) is 6.07 Å². The van der Waals surface area contributed by atoms with Gasteiger partial charge in [0.2, 0.25) is 0 Å². The van der Waals surface area contributed by atoms with Crippen LogP contribution >= 0.6 is 0 Å². The summed E-state index contributed by atoms with van der Waals surface area (Å²) in [5.74, 6) is -0.797. The monoisotopic (exact) mass is 558 g/mol. The largest absolute Gasteiger partial charge is 0.497 e. The van der Waals surface area contributed by atoms with Crippen LogP contribution in [0.4, 0.5) is 21.6 Å². The number of anilines is 3. The predicted molar refractivity (Wildman–Crippen MR) is 144 cm³/mol. The van der Waals surface area contributed by atoms with Crippen molar-refractivity contribution in [2.24, 2.45) is 0 Å². The van der Waals surface area contributed by atoms with E-state index >= 15 is 0 Å². The average Bonchev–Trinajstić information content (AvgIpc) is 3.23. The molecule has 4 aromatic rings. The van der Waals surface area contributed by atoms with E-state index < -0.39 is 33.4 Å². The molecule has 13 heteroatoms. The smallest absolute Gasteiger partial charge is 0.364 e. The molecule has 0 fully saturated rings. The van der Waals surface area contributed by atoms with Crippen LogP contribution in [0, 0.1) is 5.82 Å². The number of hydrogen-bond acceptors (Lipinski definition) is 8. The van der Waals surface area contributed by atoms with Crippen molar-refractivity contribution in [1.29, 1.82) is 0 Å². The molecule has 39 heavy (non-hydrogen) atoms. The van der Waals surface area contributed by atoms with Crippen LogP contribution < -0.4 is 19.5 Å². The zero-order valence-corrected chi connectivity index (χ0v) is 22.4. The van der Waals surface area contributed by atoms with E-state index in [1.165, 1.54) is 25.3 Å². The maximum Gasteiger partial charge on any atom is 0.364 e. The molecule has 3 aromatic carbocycles. The lowest BCUT2D eigenvalue weighted by atomic mass is 10.0. The van der Waals surface area contributed by atoms with Gasteiger partial charge < -0.3 is 19.9 Å². The van der Waals surface area contributed by atoms with Gasteiger partial charge in [-0.1, -0.05) is 12.1 Å². The van der Waals surface area contributed by atoms with Crippen LogP contribution in [0.3, 0.4) is 0 Å². The Hall–Kier alpha value is -4.36. The standard InChI is InChI=1S/C26H27FN4O7S/c1-26(2,3)38-23(32)14-37-22-12-16(11-20-24(22)25(28)30-29-20)15-5-7-17(8-6-15)31(39(33,34)35)21-13-18(36-4)9-10-19(21)27/h5-13H,14H2,1-4H3,(H3,28,29,30)(H,33,34,35). The van der Waals surface area contributed by atoms with Crippen LogP contribution in [-0.4, -0.2) is 48.5 Å². The maximum absolute atomic E-state index is 14.6. The second-order valence-corrected chi connectivity index (χ2v) is 10.7. The van der Waals surface area contributed by atoms with Crippen LogP contribution in [0.15, 0.2) is 54.6 Å². The number of methoxy groups -OCH3 is 1. The zero-order valence-electron chi connectivity index (χ0n) is 21.6. The fourth-order valence-corrected chi connectivity index (χ4v) is 4.67. The molecule has 206 valence electrons. The third kappa shape index (κ3) is 6.21. The maximum atomic E-state index is 14.6. The number of nitrogens with two attached hydrogens (primary N) is 1. The number of hydrogen-bond donors (Lipinski definition) is 3. The first-order chi connectivity index (χ1) is 18.3. The van der Waals surface area contributed by atoms with Gasteiger partial charge in [0.1, 0.15) is 22.9 Å². The van der Waals surface area contributed by atoms with E-state index in [4.69, 9.17) is 19.9 Å². The summed E-state index contributed by atoms with van der Waals surface area (Å²) in [5.41, 5.74) is 6.62. The van der Waals surface area contributed by atoms with Gasteiger partial charge in [-0.15, -0.1) is 0 Å². The summed E-state index contributed by atoms with van der Waals surface area (Å²) in [7, 11) is -3.56. The van der Waals surface area contributed by atoms with Crippen molar-refractivity contribution in [2.45, 2.75) is 26.4 Å². The summed E-state index contributed by atoms with van der Waals surface area (Å²) >= 11 is 0. The normalized spacial score (nSPS) is 11.8. The second-order valence-electron chi connectivity index (χ2n) is 9.49. The predicted octanol–water partition coefficient (Wildman–Crippen LogP) is 4.62. The number of nitrogen functional groups attached to an aromatic ring is 1. The number of aromatic nitrogens is 2. The number of fused-ring (bicyclic) bond motifs is 1. The van der Waals surface area contributed by atoms with E-state index in [2.05, 4.69) is 10.2 Å². The topological polar surface area (TPSA) is 157 Å². The van der Waals surface area contributed by atoms with Gasteiger partial charge in [-0.3, -0.25) is 9.65 Å². The Morgan fingerprint density at radius 3 is 2.41 bits per heavy atom. The van der Waals surface area contributed by atoms with Gasteiger partial charge in [0.15, 0.2) is 12.4 Å². The van der Waals surface area contributed by atoms with Gasteiger partial charge in [0.05, 0.1) is 29.4 Å². The Balaban J connectivity index is 1.70. The van der Waals surface area contributed by atoms with Gasteiger partial charge in [0.25, 0.3) is 0 Å². The lowest BCUT2D eigenvalue weighted by molar-refractivity contribution is -0.157. The molecular formula is C26H27FN4O7S. The number of ether oxygens (including phenoxy) is 3. The van der Waals surface area contributed by atoms with Crippen molar-refractivity contribution in [3.05, 3.63) is 60.4 Å². The Morgan fingerprint density at radius 2 is 1.79 bits per heavy atom. The lowest BCUT2D eigenvalue weighted by Crippen LogP contribution is -2.27. The number of aromatic amines is 1. The Kier molecular flexibility index (Phi) is 7.39. The second kappa shape index (κ2) is 10.4. The van der Waals surface area contributed by atoms with E-state index in [0.717, 1.165) is 12.1 Å². The molecule has 11 nitrogen and oxygen atoms in total. The van der Waals surface area contributed by atoms with Gasteiger partial charge >= 0.3 is 16.3 Å². The molecule has 1 heterocycles. The Morgan fingerprint density at radius 1 is 1.10 bits per heavy atom. The SMILES string of the molecule is COc1ccc(F)c(N(c2ccc(-c3cc(OCC(=O)OC(C)(C)C)c4c(N)n[nH]c4c3)cc2)S(=O)(=O)O)c1. The lowest BCUT2D eigenvalue weighted by Gasteiger charge is -2.22. The fourth-order valence-electron chi connectivity index (χ4n) is 3.89. The molecule has 0 atom stereocenters. The van der Waals surface area contributed by atoms with Crippen molar-refractivity contribution in [2.75, 3.05) is 23.8 Å². The molecule has 0 saturated heterocycles. The molecule has 0 aliphatic rings. The average molecular weight is 559 g/mol. The minimum absolute atomic E-state index is 0.0262. The highest BCUT2D eigenvalue weighted by atomic mass is 32.2. The number of H-pyrrole nitrogens is 1. The first kappa shape index (κ1) is 27.7. The molecule has 0 bridgehead atoms.